The van der Waals surface area contributed by atoms with E-state index in [-0.39, 0.29) is 17.5 Å². The molecule has 1 atom stereocenters. The topological polar surface area (TPSA) is 47.4 Å². The smallest absolute Gasteiger partial charge is 0.167 e. The van der Waals surface area contributed by atoms with Crippen molar-refractivity contribution >= 4 is 5.78 Å². The number of Topliss-reactive ketones (excluding diaryl/α,β-unsaturated/α-hetero) is 1. The maximum Gasteiger partial charge on any atom is 0.167 e. The fraction of sp³-hybridized carbons (Fsp3) is 0.304. The van der Waals surface area contributed by atoms with Crippen molar-refractivity contribution in [3.05, 3.63) is 78.0 Å². The highest BCUT2D eigenvalue weighted by atomic mass is 19.1. The number of rotatable bonds is 6. The molecule has 0 bridgehead atoms. The van der Waals surface area contributed by atoms with E-state index in [9.17, 15) is 9.18 Å². The molecular weight excluding hydrogens is 369 g/mol. The number of hydrogen-bond donors (Lipinski definition) is 0. The zero-order valence-corrected chi connectivity index (χ0v) is 16.4. The molecule has 1 aromatic carbocycles. The molecule has 0 saturated carbocycles. The van der Waals surface area contributed by atoms with E-state index in [1.54, 1.807) is 12.3 Å². The van der Waals surface area contributed by atoms with Gasteiger partial charge < -0.3 is 9.30 Å². The molecule has 3 aromatic rings. The van der Waals surface area contributed by atoms with Gasteiger partial charge in [0.2, 0.25) is 0 Å². The van der Waals surface area contributed by atoms with Gasteiger partial charge in [-0.2, -0.15) is 0 Å². The quantitative estimate of drug-likeness (QED) is 0.591. The van der Waals surface area contributed by atoms with Crippen molar-refractivity contribution in [2.75, 3.05) is 20.2 Å². The van der Waals surface area contributed by atoms with Gasteiger partial charge in [-0.3, -0.25) is 9.69 Å². The maximum absolute atomic E-state index is 14.0. The predicted molar refractivity (Wildman–Crippen MR) is 109 cm³/mol. The largest absolute Gasteiger partial charge is 0.494 e. The van der Waals surface area contributed by atoms with E-state index >= 15 is 0 Å². The Hall–Kier alpha value is -2.99. The van der Waals surface area contributed by atoms with E-state index in [1.165, 1.54) is 19.2 Å². The molecule has 0 unspecified atom stereocenters. The average Bonchev–Trinajstić information content (AvgIpc) is 3.22. The van der Waals surface area contributed by atoms with E-state index < -0.39 is 5.82 Å². The number of methoxy groups -OCH3 is 1. The van der Waals surface area contributed by atoms with Crippen LogP contribution in [0, 0.1) is 11.7 Å². The number of nitrogens with zero attached hydrogens (tertiary/aromatic N) is 3. The zero-order chi connectivity index (χ0) is 20.2. The third kappa shape index (κ3) is 4.22. The van der Waals surface area contributed by atoms with Crippen LogP contribution in [0.25, 0.3) is 5.82 Å². The lowest BCUT2D eigenvalue weighted by Crippen LogP contribution is -2.38. The molecule has 5 nitrogen and oxygen atoms in total. The van der Waals surface area contributed by atoms with Crippen molar-refractivity contribution in [1.29, 1.82) is 0 Å². The maximum atomic E-state index is 14.0. The first kappa shape index (κ1) is 19.3. The van der Waals surface area contributed by atoms with Crippen LogP contribution >= 0.6 is 0 Å². The van der Waals surface area contributed by atoms with Crippen LogP contribution in [0.15, 0.2) is 60.9 Å². The van der Waals surface area contributed by atoms with Crippen LogP contribution in [-0.4, -0.2) is 40.4 Å². The Labute approximate surface area is 169 Å². The Kier molecular flexibility index (Phi) is 5.71. The van der Waals surface area contributed by atoms with E-state index in [0.29, 0.717) is 12.1 Å². The Morgan fingerprint density at radius 3 is 2.90 bits per heavy atom. The summed E-state index contributed by atoms with van der Waals surface area (Å²) in [6.45, 7) is 2.35. The number of ketones is 1. The van der Waals surface area contributed by atoms with Crippen LogP contribution in [0.5, 0.6) is 5.75 Å². The summed E-state index contributed by atoms with van der Waals surface area (Å²) < 4.78 is 21.0. The summed E-state index contributed by atoms with van der Waals surface area (Å²) in [6.07, 6.45) is 5.55. The van der Waals surface area contributed by atoms with E-state index in [2.05, 4.69) is 20.5 Å². The van der Waals surface area contributed by atoms with Crippen molar-refractivity contribution in [3.8, 4) is 11.6 Å². The minimum atomic E-state index is -0.501. The highest BCUT2D eigenvalue weighted by Crippen LogP contribution is 2.25. The third-order valence-electron chi connectivity index (χ3n) is 5.43. The van der Waals surface area contributed by atoms with Gasteiger partial charge in [-0.25, -0.2) is 9.37 Å². The van der Waals surface area contributed by atoms with Crippen LogP contribution in [0.4, 0.5) is 4.39 Å². The van der Waals surface area contributed by atoms with Gasteiger partial charge in [0.1, 0.15) is 5.82 Å². The SMILES string of the molecule is COc1ccc(C(=O)[C@@H]2CCCN(Cc3cccn3-c3ccccn3)C2)cc1F. The number of piperidine rings is 1. The Balaban J connectivity index is 1.46. The fourth-order valence-electron chi connectivity index (χ4n) is 3.96. The van der Waals surface area contributed by atoms with E-state index in [0.717, 1.165) is 37.4 Å². The second-order valence-corrected chi connectivity index (χ2v) is 7.35. The van der Waals surface area contributed by atoms with Crippen LogP contribution in [0.1, 0.15) is 28.9 Å². The van der Waals surface area contributed by atoms with Gasteiger partial charge in [0.25, 0.3) is 0 Å². The summed E-state index contributed by atoms with van der Waals surface area (Å²) in [5.41, 5.74) is 1.54. The van der Waals surface area contributed by atoms with Gasteiger partial charge >= 0.3 is 0 Å². The molecule has 6 heteroatoms. The first-order chi connectivity index (χ1) is 14.2. The summed E-state index contributed by atoms with van der Waals surface area (Å²) in [5.74, 6) is 0.401. The highest BCUT2D eigenvalue weighted by Gasteiger charge is 2.27. The van der Waals surface area contributed by atoms with Crippen LogP contribution in [-0.2, 0) is 6.54 Å². The molecule has 0 amide bonds. The van der Waals surface area contributed by atoms with Crippen molar-refractivity contribution < 1.29 is 13.9 Å². The molecule has 0 aliphatic carbocycles. The molecule has 150 valence electrons. The number of hydrogen-bond acceptors (Lipinski definition) is 4. The van der Waals surface area contributed by atoms with Gasteiger partial charge in [-0.05, 0) is 61.9 Å². The van der Waals surface area contributed by atoms with Crippen LogP contribution in [0.3, 0.4) is 0 Å². The summed E-state index contributed by atoms with van der Waals surface area (Å²) in [6, 6.07) is 14.4. The molecule has 1 aliphatic heterocycles. The van der Waals surface area contributed by atoms with Gasteiger partial charge in [0.05, 0.1) is 7.11 Å². The van der Waals surface area contributed by atoms with Crippen molar-refractivity contribution in [1.82, 2.24) is 14.5 Å². The molecule has 0 radical (unpaired) electrons. The molecule has 0 spiro atoms. The number of ether oxygens (including phenoxy) is 1. The van der Waals surface area contributed by atoms with Gasteiger partial charge in [-0.1, -0.05) is 6.07 Å². The molecular formula is C23H24FN3O2. The van der Waals surface area contributed by atoms with Crippen molar-refractivity contribution in [2.45, 2.75) is 19.4 Å². The standard InChI is InChI=1S/C23H24FN3O2/c1-29-21-10-9-17(14-20(21)24)23(28)18-6-4-12-26(15-18)16-19-7-5-13-27(19)22-8-2-3-11-25-22/h2-3,5,7-11,13-14,18H,4,6,12,15-16H2,1H3/t18-/m1/s1. The number of halogens is 1. The summed E-state index contributed by atoms with van der Waals surface area (Å²) in [5, 5.41) is 0. The van der Waals surface area contributed by atoms with Crippen LogP contribution < -0.4 is 4.74 Å². The normalized spacial score (nSPS) is 17.2. The molecule has 1 saturated heterocycles. The minimum Gasteiger partial charge on any atom is -0.494 e. The number of benzene rings is 1. The van der Waals surface area contributed by atoms with Crippen molar-refractivity contribution in [3.63, 3.8) is 0 Å². The summed E-state index contributed by atoms with van der Waals surface area (Å²) in [7, 11) is 1.42. The molecule has 1 aliphatic rings. The Bertz CT molecular complexity index is 987. The third-order valence-corrected chi connectivity index (χ3v) is 5.43. The minimum absolute atomic E-state index is 0.00337. The lowest BCUT2D eigenvalue weighted by molar-refractivity contribution is 0.0809. The zero-order valence-electron chi connectivity index (χ0n) is 16.4. The average molecular weight is 393 g/mol. The van der Waals surface area contributed by atoms with E-state index in [4.69, 9.17) is 4.74 Å². The molecule has 0 N–H and O–H groups in total. The second kappa shape index (κ2) is 8.57. The molecule has 1 fully saturated rings. The molecule has 4 rings (SSSR count). The number of aromatic nitrogens is 2. The molecule has 29 heavy (non-hydrogen) atoms. The van der Waals surface area contributed by atoms with Gasteiger partial charge in [0.15, 0.2) is 17.3 Å². The number of carbonyl (C=O) groups is 1. The number of pyridine rings is 1. The predicted octanol–water partition coefficient (Wildman–Crippen LogP) is 4.11. The van der Waals surface area contributed by atoms with Gasteiger partial charge in [-0.15, -0.1) is 0 Å². The highest BCUT2D eigenvalue weighted by molar-refractivity contribution is 5.98. The summed E-state index contributed by atoms with van der Waals surface area (Å²) in [4.78, 5) is 19.7. The lowest BCUT2D eigenvalue weighted by atomic mass is 9.90. The summed E-state index contributed by atoms with van der Waals surface area (Å²) >= 11 is 0. The fourth-order valence-corrected chi connectivity index (χ4v) is 3.96. The molecule has 2 aromatic heterocycles. The number of likely N-dealkylation sites (tertiary alicyclic amines) is 1. The second-order valence-electron chi connectivity index (χ2n) is 7.35. The van der Waals surface area contributed by atoms with Crippen LogP contribution in [0.2, 0.25) is 0 Å². The monoisotopic (exact) mass is 393 g/mol. The molecule has 3 heterocycles. The van der Waals surface area contributed by atoms with Gasteiger partial charge in [0, 0.05) is 42.7 Å². The number of carbonyl (C=O) groups excluding carboxylic acids is 1. The first-order valence-electron chi connectivity index (χ1n) is 9.83. The van der Waals surface area contributed by atoms with Crippen molar-refractivity contribution in [2.24, 2.45) is 5.92 Å². The Morgan fingerprint density at radius 2 is 2.14 bits per heavy atom. The lowest BCUT2D eigenvalue weighted by Gasteiger charge is -2.32. The first-order valence-corrected chi connectivity index (χ1v) is 9.83. The Morgan fingerprint density at radius 1 is 1.24 bits per heavy atom. The van der Waals surface area contributed by atoms with E-state index in [1.807, 2.05) is 30.5 Å².